The first-order valence-electron chi connectivity index (χ1n) is 14.6. The van der Waals surface area contributed by atoms with Crippen LogP contribution in [-0.4, -0.2) is 28.3 Å². The lowest BCUT2D eigenvalue weighted by atomic mass is 9.84. The van der Waals surface area contributed by atoms with Crippen molar-refractivity contribution in [3.05, 3.63) is 89.8 Å². The topological polar surface area (TPSA) is 81.8 Å². The number of hydrogen-bond donors (Lipinski definition) is 1. The molecule has 5 rings (SSSR count). The summed E-state index contributed by atoms with van der Waals surface area (Å²) >= 11 is 0. The molecule has 3 aromatic carbocycles. The molecule has 41 heavy (non-hydrogen) atoms. The van der Waals surface area contributed by atoms with Crippen molar-refractivity contribution in [1.82, 2.24) is 4.98 Å². The Balaban J connectivity index is 1.25. The number of carboxylic acid groups (broad SMARTS) is 1. The lowest BCUT2D eigenvalue weighted by molar-refractivity contribution is -0.152. The van der Waals surface area contributed by atoms with E-state index in [0.29, 0.717) is 30.6 Å². The molecule has 1 aliphatic rings. The third kappa shape index (κ3) is 7.18. The Morgan fingerprint density at radius 3 is 2.34 bits per heavy atom. The van der Waals surface area contributed by atoms with E-state index in [1.165, 1.54) is 37.7 Å². The van der Waals surface area contributed by atoms with E-state index >= 15 is 0 Å². The van der Waals surface area contributed by atoms with Crippen LogP contribution in [-0.2, 0) is 17.6 Å². The minimum Gasteiger partial charge on any atom is -0.493 e. The van der Waals surface area contributed by atoms with E-state index in [9.17, 15) is 9.90 Å². The number of oxazole rings is 1. The lowest BCUT2D eigenvalue weighted by Crippen LogP contribution is -2.38. The Hall–Kier alpha value is -4.06. The van der Waals surface area contributed by atoms with Crippen molar-refractivity contribution in [2.75, 3.05) is 6.61 Å². The predicted molar refractivity (Wildman–Crippen MR) is 160 cm³/mol. The molecule has 0 unspecified atom stereocenters. The van der Waals surface area contributed by atoms with Crippen LogP contribution in [0.3, 0.4) is 0 Å². The molecule has 0 amide bonds. The molecule has 4 aromatic rings. The monoisotopic (exact) mass is 553 g/mol. The molecule has 6 nitrogen and oxygen atoms in total. The van der Waals surface area contributed by atoms with Crippen LogP contribution in [0.4, 0.5) is 0 Å². The van der Waals surface area contributed by atoms with Crippen LogP contribution >= 0.6 is 0 Å². The Morgan fingerprint density at radius 2 is 1.63 bits per heavy atom. The summed E-state index contributed by atoms with van der Waals surface area (Å²) in [5.41, 5.74) is 3.82. The van der Waals surface area contributed by atoms with E-state index in [2.05, 4.69) is 24.3 Å². The van der Waals surface area contributed by atoms with Crippen molar-refractivity contribution >= 4 is 5.97 Å². The van der Waals surface area contributed by atoms with Gasteiger partial charge in [-0.05, 0) is 80.1 Å². The third-order valence-corrected chi connectivity index (χ3v) is 7.88. The summed E-state index contributed by atoms with van der Waals surface area (Å²) in [6.45, 7) is 5.54. The fourth-order valence-corrected chi connectivity index (χ4v) is 5.41. The van der Waals surface area contributed by atoms with Gasteiger partial charge in [-0.15, -0.1) is 0 Å². The van der Waals surface area contributed by atoms with Gasteiger partial charge < -0.3 is 19.0 Å². The van der Waals surface area contributed by atoms with Crippen molar-refractivity contribution in [3.8, 4) is 34.1 Å². The average Bonchev–Trinajstić information content (AvgIpc) is 3.35. The van der Waals surface area contributed by atoms with E-state index < -0.39 is 11.6 Å². The van der Waals surface area contributed by atoms with Crippen molar-refractivity contribution < 1.29 is 23.8 Å². The molecule has 0 saturated heterocycles. The molecule has 0 radical (unpaired) electrons. The van der Waals surface area contributed by atoms with E-state index in [-0.39, 0.29) is 0 Å². The van der Waals surface area contributed by atoms with E-state index in [1.807, 2.05) is 55.5 Å². The molecular weight excluding hydrogens is 514 g/mol. The Bertz CT molecular complexity index is 1450. The zero-order chi connectivity index (χ0) is 28.8. The van der Waals surface area contributed by atoms with Gasteiger partial charge in [0, 0.05) is 12.0 Å². The first kappa shape index (κ1) is 28.5. The first-order chi connectivity index (χ1) is 19.8. The van der Waals surface area contributed by atoms with Crippen molar-refractivity contribution in [2.24, 2.45) is 5.92 Å². The van der Waals surface area contributed by atoms with Crippen LogP contribution in [0.2, 0.25) is 0 Å². The fourth-order valence-electron chi connectivity index (χ4n) is 5.41. The second-order valence-electron chi connectivity index (χ2n) is 11.5. The van der Waals surface area contributed by atoms with Crippen LogP contribution in [0.25, 0.3) is 22.6 Å². The van der Waals surface area contributed by atoms with Crippen LogP contribution in [0.1, 0.15) is 63.0 Å². The highest BCUT2D eigenvalue weighted by Gasteiger charge is 2.30. The number of aliphatic carboxylic acids is 1. The minimum absolute atomic E-state index is 0.448. The van der Waals surface area contributed by atoms with Crippen molar-refractivity contribution in [1.29, 1.82) is 0 Å². The number of benzene rings is 3. The Labute approximate surface area is 242 Å². The van der Waals surface area contributed by atoms with Crippen LogP contribution in [0.15, 0.2) is 77.2 Å². The van der Waals surface area contributed by atoms with Crippen LogP contribution in [0, 0.1) is 12.8 Å². The number of aromatic nitrogens is 1. The van der Waals surface area contributed by atoms with Gasteiger partial charge in [0.2, 0.25) is 5.89 Å². The lowest BCUT2D eigenvalue weighted by Gasteiger charge is -2.26. The maximum absolute atomic E-state index is 11.7. The van der Waals surface area contributed by atoms with Gasteiger partial charge in [-0.3, -0.25) is 0 Å². The standard InChI is InChI=1S/C35H39NO5/c1-24-31(36-33(40-24)28-16-14-27(15-17-28)26-12-8-5-9-13-26)20-21-39-30-18-19-32(41-35(2,3)34(37)38)29(23-30)22-25-10-6-4-7-11-25/h5,8-9,12-19,23,25H,4,6-7,10-11,20-22H2,1-3H3,(H,37,38). The molecule has 0 bridgehead atoms. The maximum Gasteiger partial charge on any atom is 0.347 e. The van der Waals surface area contributed by atoms with Crippen molar-refractivity contribution in [3.63, 3.8) is 0 Å². The Kier molecular flexibility index (Phi) is 8.77. The molecule has 1 saturated carbocycles. The van der Waals surface area contributed by atoms with Crippen LogP contribution < -0.4 is 9.47 Å². The molecule has 214 valence electrons. The Morgan fingerprint density at radius 1 is 0.951 bits per heavy atom. The molecular formula is C35H39NO5. The summed E-state index contributed by atoms with van der Waals surface area (Å²) in [5.74, 6) is 2.34. The van der Waals surface area contributed by atoms with Crippen LogP contribution in [0.5, 0.6) is 11.5 Å². The SMILES string of the molecule is Cc1oc(-c2ccc(-c3ccccc3)cc2)nc1CCOc1ccc(OC(C)(C)C(=O)O)c(CC2CCCCC2)c1. The highest BCUT2D eigenvalue weighted by molar-refractivity contribution is 5.77. The minimum atomic E-state index is -1.31. The molecule has 1 aliphatic carbocycles. The third-order valence-electron chi connectivity index (χ3n) is 7.88. The molecule has 0 aliphatic heterocycles. The van der Waals surface area contributed by atoms with E-state index in [4.69, 9.17) is 18.9 Å². The van der Waals surface area contributed by atoms with Gasteiger partial charge in [0.15, 0.2) is 5.60 Å². The van der Waals surface area contributed by atoms with Gasteiger partial charge in [-0.2, -0.15) is 0 Å². The number of carboxylic acids is 1. The highest BCUT2D eigenvalue weighted by Crippen LogP contribution is 2.34. The van der Waals surface area contributed by atoms with Gasteiger partial charge >= 0.3 is 5.97 Å². The molecule has 6 heteroatoms. The van der Waals surface area contributed by atoms with Gasteiger partial charge in [0.05, 0.1) is 12.3 Å². The second kappa shape index (κ2) is 12.6. The van der Waals surface area contributed by atoms with E-state index in [0.717, 1.165) is 40.3 Å². The van der Waals surface area contributed by atoms with Crippen molar-refractivity contribution in [2.45, 2.75) is 71.3 Å². The number of hydrogen-bond acceptors (Lipinski definition) is 5. The maximum atomic E-state index is 11.7. The number of ether oxygens (including phenoxy) is 2. The predicted octanol–water partition coefficient (Wildman–Crippen LogP) is 8.30. The zero-order valence-electron chi connectivity index (χ0n) is 24.2. The summed E-state index contributed by atoms with van der Waals surface area (Å²) in [4.78, 5) is 16.5. The molecule has 1 N–H and O–H groups in total. The quantitative estimate of drug-likeness (QED) is 0.201. The van der Waals surface area contributed by atoms with Gasteiger partial charge in [-0.1, -0.05) is 74.6 Å². The number of rotatable bonds is 11. The number of carbonyl (C=O) groups is 1. The molecule has 1 aromatic heterocycles. The number of nitrogens with zero attached hydrogens (tertiary/aromatic N) is 1. The largest absolute Gasteiger partial charge is 0.493 e. The van der Waals surface area contributed by atoms with Gasteiger partial charge in [0.25, 0.3) is 0 Å². The van der Waals surface area contributed by atoms with Gasteiger partial charge in [0.1, 0.15) is 17.3 Å². The van der Waals surface area contributed by atoms with E-state index in [1.54, 1.807) is 13.8 Å². The summed E-state index contributed by atoms with van der Waals surface area (Å²) in [6, 6.07) is 24.2. The fraction of sp³-hybridized carbons (Fsp3) is 0.371. The molecule has 1 fully saturated rings. The first-order valence-corrected chi connectivity index (χ1v) is 14.6. The highest BCUT2D eigenvalue weighted by atomic mass is 16.5. The molecule has 0 spiro atoms. The summed E-state index contributed by atoms with van der Waals surface area (Å²) in [7, 11) is 0. The zero-order valence-corrected chi connectivity index (χ0v) is 24.2. The summed E-state index contributed by atoms with van der Waals surface area (Å²) in [6.07, 6.45) is 7.63. The number of aryl methyl sites for hydroxylation is 1. The molecule has 1 heterocycles. The van der Waals surface area contributed by atoms with Gasteiger partial charge in [-0.25, -0.2) is 9.78 Å². The second-order valence-corrected chi connectivity index (χ2v) is 11.5. The summed E-state index contributed by atoms with van der Waals surface area (Å²) < 4.78 is 18.1. The summed E-state index contributed by atoms with van der Waals surface area (Å²) in [5, 5.41) is 9.59. The smallest absolute Gasteiger partial charge is 0.347 e. The molecule has 0 atom stereocenters. The average molecular weight is 554 g/mol. The normalized spacial score (nSPS) is 14.1.